The molecule has 0 amide bonds. The van der Waals surface area contributed by atoms with E-state index in [9.17, 15) is 24.9 Å². The minimum absolute atomic E-state index is 0.0471. The van der Waals surface area contributed by atoms with E-state index < -0.39 is 28.8 Å². The maximum atomic E-state index is 11.9. The molecule has 0 fully saturated rings. The highest BCUT2D eigenvalue weighted by Crippen LogP contribution is 2.38. The van der Waals surface area contributed by atoms with E-state index >= 15 is 0 Å². The molecule has 0 aliphatic heterocycles. The van der Waals surface area contributed by atoms with E-state index in [1.54, 1.807) is 0 Å². The average Bonchev–Trinajstić information content (AvgIpc) is 2.13. The molecular formula is C13H16O5. The summed E-state index contributed by atoms with van der Waals surface area (Å²) < 4.78 is 0. The van der Waals surface area contributed by atoms with Crippen molar-refractivity contribution < 1.29 is 24.9 Å². The number of phenols is 3. The van der Waals surface area contributed by atoms with E-state index in [2.05, 4.69) is 0 Å². The molecular weight excluding hydrogens is 236 g/mol. The van der Waals surface area contributed by atoms with Crippen molar-refractivity contribution >= 4 is 11.6 Å². The van der Waals surface area contributed by atoms with Crippen LogP contribution in [0.25, 0.3) is 0 Å². The molecule has 1 aromatic rings. The zero-order valence-corrected chi connectivity index (χ0v) is 10.5. The second-order valence-electron chi connectivity index (χ2n) is 4.59. The minimum atomic E-state index is -0.661. The largest absolute Gasteiger partial charge is 0.507 e. The number of ketones is 2. The Bertz CT molecular complexity index is 503. The summed E-state index contributed by atoms with van der Waals surface area (Å²) in [6.07, 6.45) is 0.128. The standard InChI is InChI=1S/C13H16O5/c1-6(2)4-8(15)12-10(17)5-9(16)11(7(3)14)13(12)18/h5-6,16-18H,4H2,1-3H3. The van der Waals surface area contributed by atoms with Gasteiger partial charge in [0.2, 0.25) is 0 Å². The van der Waals surface area contributed by atoms with Crippen LogP contribution in [0.3, 0.4) is 0 Å². The molecule has 0 aliphatic carbocycles. The van der Waals surface area contributed by atoms with Crippen LogP contribution in [0, 0.1) is 5.92 Å². The fourth-order valence-corrected chi connectivity index (χ4v) is 1.74. The SMILES string of the molecule is CC(=O)c1c(O)cc(O)c(C(=O)CC(C)C)c1O. The van der Waals surface area contributed by atoms with Crippen LogP contribution >= 0.6 is 0 Å². The van der Waals surface area contributed by atoms with E-state index in [1.165, 1.54) is 0 Å². The van der Waals surface area contributed by atoms with Crippen molar-refractivity contribution in [1.82, 2.24) is 0 Å². The molecule has 0 radical (unpaired) electrons. The van der Waals surface area contributed by atoms with Crippen LogP contribution in [0.4, 0.5) is 0 Å². The molecule has 0 aromatic heterocycles. The number of hydrogen-bond acceptors (Lipinski definition) is 5. The predicted molar refractivity (Wildman–Crippen MR) is 65.2 cm³/mol. The number of carbonyl (C=O) groups is 2. The molecule has 0 aliphatic rings. The Morgan fingerprint density at radius 1 is 1.11 bits per heavy atom. The first-order chi connectivity index (χ1) is 8.25. The minimum Gasteiger partial charge on any atom is -0.507 e. The van der Waals surface area contributed by atoms with Crippen molar-refractivity contribution in [1.29, 1.82) is 0 Å². The van der Waals surface area contributed by atoms with Crippen LogP contribution in [0.5, 0.6) is 17.2 Å². The third-order valence-corrected chi connectivity index (χ3v) is 2.48. The highest BCUT2D eigenvalue weighted by molar-refractivity contribution is 6.08. The number of Topliss-reactive ketones (excluding diaryl/α,β-unsaturated/α-hetero) is 2. The van der Waals surface area contributed by atoms with Gasteiger partial charge in [-0.3, -0.25) is 9.59 Å². The van der Waals surface area contributed by atoms with Gasteiger partial charge in [-0.15, -0.1) is 0 Å². The van der Waals surface area contributed by atoms with E-state index in [4.69, 9.17) is 0 Å². The zero-order valence-electron chi connectivity index (χ0n) is 10.5. The topological polar surface area (TPSA) is 94.8 Å². The van der Waals surface area contributed by atoms with Gasteiger partial charge in [-0.05, 0) is 12.8 Å². The fourth-order valence-electron chi connectivity index (χ4n) is 1.74. The fraction of sp³-hybridized carbons (Fsp3) is 0.385. The van der Waals surface area contributed by atoms with Crippen LogP contribution in [0.2, 0.25) is 0 Å². The summed E-state index contributed by atoms with van der Waals surface area (Å²) in [6.45, 7) is 4.79. The molecule has 0 spiro atoms. The van der Waals surface area contributed by atoms with Crippen LogP contribution in [0.1, 0.15) is 47.9 Å². The maximum Gasteiger partial charge on any atom is 0.170 e. The van der Waals surface area contributed by atoms with E-state index in [0.29, 0.717) is 0 Å². The first-order valence-corrected chi connectivity index (χ1v) is 5.57. The van der Waals surface area contributed by atoms with Crippen LogP contribution < -0.4 is 0 Å². The van der Waals surface area contributed by atoms with Gasteiger partial charge in [0.25, 0.3) is 0 Å². The van der Waals surface area contributed by atoms with Gasteiger partial charge in [0.05, 0.1) is 0 Å². The first kappa shape index (κ1) is 14.0. The molecule has 18 heavy (non-hydrogen) atoms. The van der Waals surface area contributed by atoms with Gasteiger partial charge in [-0.1, -0.05) is 13.8 Å². The second-order valence-corrected chi connectivity index (χ2v) is 4.59. The molecule has 0 bridgehead atoms. The van der Waals surface area contributed by atoms with Crippen molar-refractivity contribution in [2.45, 2.75) is 27.2 Å². The molecule has 0 atom stereocenters. The average molecular weight is 252 g/mol. The molecule has 0 heterocycles. The Balaban J connectivity index is 3.41. The number of carbonyl (C=O) groups excluding carboxylic acids is 2. The Hall–Kier alpha value is -2.04. The van der Waals surface area contributed by atoms with Crippen LogP contribution in [-0.2, 0) is 0 Å². The normalized spacial score (nSPS) is 10.7. The number of hydrogen-bond donors (Lipinski definition) is 3. The lowest BCUT2D eigenvalue weighted by molar-refractivity contribution is 0.0962. The Labute approximate surface area is 105 Å². The number of phenolic OH excluding ortho intramolecular Hbond substituents is 3. The molecule has 1 aromatic carbocycles. The maximum absolute atomic E-state index is 11.9. The Morgan fingerprint density at radius 3 is 2.06 bits per heavy atom. The summed E-state index contributed by atoms with van der Waals surface area (Å²) in [5.41, 5.74) is -0.661. The highest BCUT2D eigenvalue weighted by atomic mass is 16.3. The molecule has 98 valence electrons. The molecule has 0 unspecified atom stereocenters. The Kier molecular flexibility index (Phi) is 3.96. The van der Waals surface area contributed by atoms with Gasteiger partial charge in [-0.25, -0.2) is 0 Å². The third kappa shape index (κ3) is 2.61. The molecule has 5 nitrogen and oxygen atoms in total. The van der Waals surface area contributed by atoms with Gasteiger partial charge < -0.3 is 15.3 Å². The van der Waals surface area contributed by atoms with Crippen LogP contribution in [-0.4, -0.2) is 26.9 Å². The summed E-state index contributed by atoms with van der Waals surface area (Å²) in [7, 11) is 0. The van der Waals surface area contributed by atoms with Crippen LogP contribution in [0.15, 0.2) is 6.07 Å². The van der Waals surface area contributed by atoms with E-state index in [0.717, 1.165) is 13.0 Å². The molecule has 0 saturated heterocycles. The second kappa shape index (κ2) is 5.08. The molecule has 1 rings (SSSR count). The summed E-state index contributed by atoms with van der Waals surface area (Å²) in [5, 5.41) is 28.9. The van der Waals surface area contributed by atoms with E-state index in [1.807, 2.05) is 13.8 Å². The Morgan fingerprint density at radius 2 is 1.61 bits per heavy atom. The van der Waals surface area contributed by atoms with Gasteiger partial charge in [0, 0.05) is 12.5 Å². The molecule has 0 saturated carbocycles. The van der Waals surface area contributed by atoms with Gasteiger partial charge in [-0.2, -0.15) is 0 Å². The van der Waals surface area contributed by atoms with Crippen molar-refractivity contribution in [3.05, 3.63) is 17.2 Å². The third-order valence-electron chi connectivity index (χ3n) is 2.48. The van der Waals surface area contributed by atoms with Gasteiger partial charge in [0.15, 0.2) is 11.6 Å². The molecule has 3 N–H and O–H groups in total. The molecule has 5 heteroatoms. The first-order valence-electron chi connectivity index (χ1n) is 5.57. The number of aromatic hydroxyl groups is 3. The summed E-state index contributed by atoms with van der Waals surface area (Å²) >= 11 is 0. The smallest absolute Gasteiger partial charge is 0.170 e. The zero-order chi connectivity index (χ0) is 14.0. The lowest BCUT2D eigenvalue weighted by Gasteiger charge is -2.12. The monoisotopic (exact) mass is 252 g/mol. The van der Waals surface area contributed by atoms with Crippen molar-refractivity contribution in [2.24, 2.45) is 5.92 Å². The van der Waals surface area contributed by atoms with E-state index in [-0.39, 0.29) is 23.5 Å². The summed E-state index contributed by atoms with van der Waals surface area (Å²) in [5.74, 6) is -2.73. The predicted octanol–water partition coefficient (Wildman–Crippen LogP) is 2.23. The lowest BCUT2D eigenvalue weighted by atomic mass is 9.96. The summed E-state index contributed by atoms with van der Waals surface area (Å²) in [4.78, 5) is 23.2. The lowest BCUT2D eigenvalue weighted by Crippen LogP contribution is -2.07. The van der Waals surface area contributed by atoms with Gasteiger partial charge >= 0.3 is 0 Å². The van der Waals surface area contributed by atoms with Gasteiger partial charge in [0.1, 0.15) is 28.4 Å². The quantitative estimate of drug-likeness (QED) is 0.714. The van der Waals surface area contributed by atoms with Crippen molar-refractivity contribution in [2.75, 3.05) is 0 Å². The number of rotatable bonds is 4. The summed E-state index contributed by atoms with van der Waals surface area (Å²) in [6, 6.07) is 0.893. The highest BCUT2D eigenvalue weighted by Gasteiger charge is 2.24. The van der Waals surface area contributed by atoms with Crippen molar-refractivity contribution in [3.63, 3.8) is 0 Å². The number of benzene rings is 1. The van der Waals surface area contributed by atoms with Crippen molar-refractivity contribution in [3.8, 4) is 17.2 Å².